The molecule has 3 aliphatic heterocycles. The lowest BCUT2D eigenvalue weighted by Gasteiger charge is -2.55. The van der Waals surface area contributed by atoms with Crippen molar-refractivity contribution in [2.45, 2.75) is 31.3 Å². The van der Waals surface area contributed by atoms with Crippen LogP contribution in [0.25, 0.3) is 0 Å². The highest BCUT2D eigenvalue weighted by Crippen LogP contribution is 2.40. The van der Waals surface area contributed by atoms with Crippen LogP contribution in [0.1, 0.15) is 19.8 Å². The summed E-state index contributed by atoms with van der Waals surface area (Å²) in [5.74, 6) is 0.808. The van der Waals surface area contributed by atoms with E-state index in [9.17, 15) is 0 Å². The predicted octanol–water partition coefficient (Wildman–Crippen LogP) is 0.0454. The molecule has 3 rings (SSSR count). The van der Waals surface area contributed by atoms with Crippen LogP contribution in [0.15, 0.2) is 0 Å². The third-order valence-corrected chi connectivity index (χ3v) is 5.65. The van der Waals surface area contributed by atoms with E-state index in [0.29, 0.717) is 11.6 Å². The molecule has 3 fully saturated rings. The topological polar surface area (TPSA) is 35.7 Å². The van der Waals surface area contributed by atoms with Crippen LogP contribution in [0.5, 0.6) is 0 Å². The number of rotatable bonds is 2. The summed E-state index contributed by atoms with van der Waals surface area (Å²) in [6.45, 7) is 10.7. The summed E-state index contributed by atoms with van der Waals surface area (Å²) in [6.07, 6.45) is 2.64. The lowest BCUT2D eigenvalue weighted by molar-refractivity contribution is -0.0480. The molecule has 0 spiro atoms. The summed E-state index contributed by atoms with van der Waals surface area (Å²) in [6, 6.07) is 0.652. The second-order valence-corrected chi connectivity index (χ2v) is 6.65. The average Bonchev–Trinajstić information content (AvgIpc) is 2.76. The minimum Gasteiger partial charge on any atom is -0.329 e. The van der Waals surface area contributed by atoms with Crippen LogP contribution in [0.3, 0.4) is 0 Å². The normalized spacial score (nSPS) is 46.5. The van der Waals surface area contributed by atoms with Gasteiger partial charge in [0.05, 0.1) is 0 Å². The summed E-state index contributed by atoms with van der Waals surface area (Å²) >= 11 is 0. The lowest BCUT2D eigenvalue weighted by Crippen LogP contribution is -2.68. The maximum atomic E-state index is 6.28. The Labute approximate surface area is 111 Å². The number of nitrogens with two attached hydrogens (primary N) is 1. The van der Waals surface area contributed by atoms with Crippen molar-refractivity contribution >= 4 is 0 Å². The highest BCUT2D eigenvalue weighted by molar-refractivity contribution is 5.07. The van der Waals surface area contributed by atoms with E-state index in [2.05, 4.69) is 28.7 Å². The molecule has 0 aromatic heterocycles. The van der Waals surface area contributed by atoms with Crippen LogP contribution in [0.4, 0.5) is 0 Å². The molecule has 0 saturated carbocycles. The zero-order valence-corrected chi connectivity index (χ0v) is 11.9. The minimum atomic E-state index is 0.299. The minimum absolute atomic E-state index is 0.299. The Bertz CT molecular complexity index is 308. The Morgan fingerprint density at radius 1 is 1.17 bits per heavy atom. The number of hydrogen-bond acceptors (Lipinski definition) is 4. The molecule has 0 aromatic carbocycles. The van der Waals surface area contributed by atoms with E-state index in [1.165, 1.54) is 52.1 Å². The first-order valence-corrected chi connectivity index (χ1v) is 7.53. The van der Waals surface area contributed by atoms with Crippen molar-refractivity contribution < 1.29 is 0 Å². The first-order chi connectivity index (χ1) is 8.65. The zero-order chi connectivity index (χ0) is 12.8. The van der Waals surface area contributed by atoms with Crippen LogP contribution >= 0.6 is 0 Å². The maximum Gasteiger partial charge on any atom is 0.0388 e. The Morgan fingerprint density at radius 2 is 2.00 bits per heavy atom. The largest absolute Gasteiger partial charge is 0.329 e. The fraction of sp³-hybridized carbons (Fsp3) is 1.00. The molecule has 4 unspecified atom stereocenters. The number of piperidine rings is 1. The third kappa shape index (κ3) is 1.90. The van der Waals surface area contributed by atoms with Crippen LogP contribution in [-0.2, 0) is 0 Å². The summed E-state index contributed by atoms with van der Waals surface area (Å²) in [7, 11) is 2.24. The molecule has 3 saturated heterocycles. The molecule has 0 aromatic rings. The van der Waals surface area contributed by atoms with Crippen molar-refractivity contribution in [3.63, 3.8) is 0 Å². The molecule has 0 aliphatic carbocycles. The van der Waals surface area contributed by atoms with Crippen molar-refractivity contribution in [3.05, 3.63) is 0 Å². The first-order valence-electron chi connectivity index (χ1n) is 7.53. The number of hydrogen-bond donors (Lipinski definition) is 1. The van der Waals surface area contributed by atoms with Crippen molar-refractivity contribution in [1.82, 2.24) is 14.7 Å². The molecule has 18 heavy (non-hydrogen) atoms. The molecule has 2 bridgehead atoms. The Kier molecular flexibility index (Phi) is 3.39. The van der Waals surface area contributed by atoms with Crippen molar-refractivity contribution in [1.29, 1.82) is 0 Å². The summed E-state index contributed by atoms with van der Waals surface area (Å²) in [4.78, 5) is 7.84. The van der Waals surface area contributed by atoms with E-state index in [0.717, 1.165) is 12.5 Å². The molecule has 2 N–H and O–H groups in total. The number of likely N-dealkylation sites (N-methyl/N-ethyl adjacent to an activating group) is 1. The number of piperazine rings is 1. The van der Waals surface area contributed by atoms with Crippen LogP contribution in [0.2, 0.25) is 0 Å². The fourth-order valence-electron chi connectivity index (χ4n) is 4.60. The Hall–Kier alpha value is -0.160. The highest BCUT2D eigenvalue weighted by Gasteiger charge is 2.50. The van der Waals surface area contributed by atoms with Gasteiger partial charge in [-0.2, -0.15) is 0 Å². The quantitative estimate of drug-likeness (QED) is 0.753. The van der Waals surface area contributed by atoms with E-state index in [1.807, 2.05) is 0 Å². The summed E-state index contributed by atoms with van der Waals surface area (Å²) < 4.78 is 0. The molecule has 4 heteroatoms. The standard InChI is InChI=1S/C14H28N4/c1-12-9-16(2)7-8-18(12)14(11-15)4-6-17-5-3-13(14)10-17/h12-13H,3-11,15H2,1-2H3. The molecular formula is C14H28N4. The van der Waals surface area contributed by atoms with E-state index in [1.54, 1.807) is 0 Å². The van der Waals surface area contributed by atoms with Gasteiger partial charge in [0, 0.05) is 44.3 Å². The maximum absolute atomic E-state index is 6.28. The van der Waals surface area contributed by atoms with Crippen molar-refractivity contribution in [2.24, 2.45) is 11.7 Å². The second kappa shape index (κ2) is 4.75. The molecule has 3 aliphatic rings. The summed E-state index contributed by atoms with van der Waals surface area (Å²) in [5.41, 5.74) is 6.58. The second-order valence-electron chi connectivity index (χ2n) is 6.65. The SMILES string of the molecule is CC1CN(C)CCN1C1(CN)CCN2CCC1C2. The van der Waals surface area contributed by atoms with Crippen molar-refractivity contribution in [2.75, 3.05) is 52.9 Å². The van der Waals surface area contributed by atoms with E-state index in [-0.39, 0.29) is 0 Å². The van der Waals surface area contributed by atoms with Crippen LogP contribution in [-0.4, -0.2) is 79.1 Å². The monoisotopic (exact) mass is 252 g/mol. The molecule has 3 heterocycles. The third-order valence-electron chi connectivity index (χ3n) is 5.65. The van der Waals surface area contributed by atoms with Gasteiger partial charge in [0.15, 0.2) is 0 Å². The molecule has 4 nitrogen and oxygen atoms in total. The van der Waals surface area contributed by atoms with Gasteiger partial charge < -0.3 is 15.5 Å². The first kappa shape index (κ1) is 12.9. The molecule has 0 amide bonds. The Morgan fingerprint density at radius 3 is 2.72 bits per heavy atom. The van der Waals surface area contributed by atoms with Gasteiger partial charge in [0.2, 0.25) is 0 Å². The average molecular weight is 252 g/mol. The summed E-state index contributed by atoms with van der Waals surface area (Å²) in [5, 5.41) is 0. The van der Waals surface area contributed by atoms with Crippen LogP contribution < -0.4 is 5.73 Å². The van der Waals surface area contributed by atoms with Gasteiger partial charge in [0.1, 0.15) is 0 Å². The van der Waals surface area contributed by atoms with Gasteiger partial charge >= 0.3 is 0 Å². The van der Waals surface area contributed by atoms with Gasteiger partial charge in [0.25, 0.3) is 0 Å². The zero-order valence-electron chi connectivity index (χ0n) is 11.9. The molecule has 4 atom stereocenters. The van der Waals surface area contributed by atoms with E-state index >= 15 is 0 Å². The molecule has 0 radical (unpaired) electrons. The van der Waals surface area contributed by atoms with E-state index in [4.69, 9.17) is 5.73 Å². The van der Waals surface area contributed by atoms with Crippen molar-refractivity contribution in [3.8, 4) is 0 Å². The van der Waals surface area contributed by atoms with Gasteiger partial charge in [-0.1, -0.05) is 0 Å². The number of nitrogens with zero attached hydrogens (tertiary/aromatic N) is 3. The van der Waals surface area contributed by atoms with Gasteiger partial charge in [-0.25, -0.2) is 0 Å². The predicted molar refractivity (Wildman–Crippen MR) is 74.6 cm³/mol. The van der Waals surface area contributed by atoms with E-state index < -0.39 is 0 Å². The lowest BCUT2D eigenvalue weighted by atomic mass is 9.76. The smallest absolute Gasteiger partial charge is 0.0388 e. The fourth-order valence-corrected chi connectivity index (χ4v) is 4.60. The molecule has 104 valence electrons. The highest BCUT2D eigenvalue weighted by atomic mass is 15.3. The Balaban J connectivity index is 1.82. The van der Waals surface area contributed by atoms with Crippen LogP contribution in [0, 0.1) is 5.92 Å². The van der Waals surface area contributed by atoms with Gasteiger partial charge in [-0.05, 0) is 45.8 Å². The molecular weight excluding hydrogens is 224 g/mol. The van der Waals surface area contributed by atoms with Gasteiger partial charge in [-0.3, -0.25) is 4.90 Å². The number of fused-ring (bicyclic) bond motifs is 2. The van der Waals surface area contributed by atoms with Gasteiger partial charge in [-0.15, -0.1) is 0 Å².